The van der Waals surface area contributed by atoms with Gasteiger partial charge in [-0.2, -0.15) is 0 Å². The number of esters is 1. The lowest BCUT2D eigenvalue weighted by atomic mass is 9.80. The van der Waals surface area contributed by atoms with Crippen LogP contribution in [0.5, 0.6) is 0 Å². The Hall–Kier alpha value is -1.39. The first-order chi connectivity index (χ1) is 11.3. The summed E-state index contributed by atoms with van der Waals surface area (Å²) in [5.74, 6) is -0.674. The standard InChI is InChI=1S/C20H30O4/c1-12-6-5-7-13(2)9-18(22)17-11-19(24-20(23)15(17)4)14(3)10-16(21)8-12/h7-8,14,16-19,21-22H,4-6,9-11H2,1-3H3/b12-8-,13-7?. The summed E-state index contributed by atoms with van der Waals surface area (Å²) in [5.41, 5.74) is 2.63. The van der Waals surface area contributed by atoms with Crippen LogP contribution in [0.3, 0.4) is 0 Å². The summed E-state index contributed by atoms with van der Waals surface area (Å²) in [6.07, 6.45) is 6.01. The fourth-order valence-corrected chi connectivity index (χ4v) is 3.66. The predicted molar refractivity (Wildman–Crippen MR) is 94.3 cm³/mol. The molecule has 0 aromatic rings. The number of hydrogen-bond acceptors (Lipinski definition) is 4. The first-order valence-corrected chi connectivity index (χ1v) is 8.86. The van der Waals surface area contributed by atoms with Gasteiger partial charge in [-0.15, -0.1) is 0 Å². The molecule has 5 unspecified atom stereocenters. The summed E-state index contributed by atoms with van der Waals surface area (Å²) in [4.78, 5) is 12.1. The Labute approximate surface area is 144 Å². The molecule has 0 radical (unpaired) electrons. The van der Waals surface area contributed by atoms with Gasteiger partial charge in [-0.1, -0.05) is 36.8 Å². The lowest BCUT2D eigenvalue weighted by Crippen LogP contribution is -2.40. The van der Waals surface area contributed by atoms with Crippen molar-refractivity contribution >= 4 is 5.97 Å². The molecule has 0 saturated carbocycles. The van der Waals surface area contributed by atoms with Crippen molar-refractivity contribution in [3.8, 4) is 0 Å². The van der Waals surface area contributed by atoms with E-state index in [1.807, 2.05) is 26.8 Å². The summed E-state index contributed by atoms with van der Waals surface area (Å²) in [7, 11) is 0. The van der Waals surface area contributed by atoms with Crippen LogP contribution in [0.25, 0.3) is 0 Å². The number of aliphatic hydroxyl groups is 2. The Morgan fingerprint density at radius 2 is 1.92 bits per heavy atom. The quantitative estimate of drug-likeness (QED) is 0.405. The number of aliphatic hydroxyl groups excluding tert-OH is 2. The Bertz CT molecular complexity index is 546. The topological polar surface area (TPSA) is 66.8 Å². The Morgan fingerprint density at radius 3 is 2.62 bits per heavy atom. The fourth-order valence-electron chi connectivity index (χ4n) is 3.66. The van der Waals surface area contributed by atoms with Crippen molar-refractivity contribution in [2.75, 3.05) is 0 Å². The van der Waals surface area contributed by atoms with Gasteiger partial charge in [0.2, 0.25) is 0 Å². The third kappa shape index (κ3) is 4.81. The van der Waals surface area contributed by atoms with E-state index in [2.05, 4.69) is 12.7 Å². The molecule has 0 spiro atoms. The van der Waals surface area contributed by atoms with Gasteiger partial charge in [0.05, 0.1) is 12.2 Å². The number of allylic oxidation sites excluding steroid dienone is 2. The molecule has 1 aliphatic carbocycles. The van der Waals surface area contributed by atoms with Crippen LogP contribution in [-0.2, 0) is 9.53 Å². The molecule has 2 N–H and O–H groups in total. The van der Waals surface area contributed by atoms with Gasteiger partial charge in [0.15, 0.2) is 0 Å². The van der Waals surface area contributed by atoms with E-state index >= 15 is 0 Å². The van der Waals surface area contributed by atoms with E-state index in [1.54, 1.807) is 0 Å². The Balaban J connectivity index is 2.26. The molecule has 1 heterocycles. The monoisotopic (exact) mass is 334 g/mol. The van der Waals surface area contributed by atoms with Gasteiger partial charge < -0.3 is 14.9 Å². The molecule has 1 aliphatic heterocycles. The molecule has 2 bridgehead atoms. The van der Waals surface area contributed by atoms with Crippen molar-refractivity contribution in [3.63, 3.8) is 0 Å². The van der Waals surface area contributed by atoms with Crippen LogP contribution in [0.2, 0.25) is 0 Å². The maximum atomic E-state index is 12.1. The number of carbonyl (C=O) groups is 1. The van der Waals surface area contributed by atoms with Crippen LogP contribution >= 0.6 is 0 Å². The largest absolute Gasteiger partial charge is 0.459 e. The highest BCUT2D eigenvalue weighted by molar-refractivity contribution is 5.89. The van der Waals surface area contributed by atoms with Crippen LogP contribution in [0.4, 0.5) is 0 Å². The van der Waals surface area contributed by atoms with Crippen LogP contribution in [-0.4, -0.2) is 34.5 Å². The molecule has 0 aromatic heterocycles. The van der Waals surface area contributed by atoms with Crippen molar-refractivity contribution < 1.29 is 19.7 Å². The average Bonchev–Trinajstić information content (AvgIpc) is 2.48. The normalized spacial score (nSPS) is 38.5. The van der Waals surface area contributed by atoms with Crippen LogP contribution in [0, 0.1) is 11.8 Å². The molecular formula is C20H30O4. The van der Waals surface area contributed by atoms with Gasteiger partial charge in [0.25, 0.3) is 0 Å². The highest BCUT2D eigenvalue weighted by atomic mass is 16.5. The van der Waals surface area contributed by atoms with Gasteiger partial charge in [-0.3, -0.25) is 0 Å². The van der Waals surface area contributed by atoms with Gasteiger partial charge in [-0.05, 0) is 51.9 Å². The third-order valence-corrected chi connectivity index (χ3v) is 5.21. The highest BCUT2D eigenvalue weighted by Crippen LogP contribution is 2.34. The van der Waals surface area contributed by atoms with Crippen LogP contribution in [0.1, 0.15) is 52.9 Å². The van der Waals surface area contributed by atoms with Crippen molar-refractivity contribution in [3.05, 3.63) is 35.5 Å². The summed E-state index contributed by atoms with van der Waals surface area (Å²) in [6, 6.07) is 0. The molecule has 1 fully saturated rings. The van der Waals surface area contributed by atoms with E-state index in [4.69, 9.17) is 4.74 Å². The molecule has 134 valence electrons. The van der Waals surface area contributed by atoms with Crippen LogP contribution in [0.15, 0.2) is 35.5 Å². The zero-order chi connectivity index (χ0) is 17.9. The first kappa shape index (κ1) is 18.9. The molecule has 1 saturated heterocycles. The lowest BCUT2D eigenvalue weighted by Gasteiger charge is -2.36. The summed E-state index contributed by atoms with van der Waals surface area (Å²) in [5, 5.41) is 20.9. The number of carbonyl (C=O) groups excluding carboxylic acids is 1. The van der Waals surface area contributed by atoms with E-state index in [-0.39, 0.29) is 17.9 Å². The average molecular weight is 334 g/mol. The van der Waals surface area contributed by atoms with Crippen LogP contribution < -0.4 is 0 Å². The van der Waals surface area contributed by atoms with E-state index in [1.165, 1.54) is 0 Å². The SMILES string of the molecule is C=C1C(=O)OC2CC1C(O)CC(C)=CCC/C(C)=C\C(O)CC2C. The van der Waals surface area contributed by atoms with Crippen molar-refractivity contribution in [2.24, 2.45) is 11.8 Å². The number of hydrogen-bond donors (Lipinski definition) is 2. The minimum Gasteiger partial charge on any atom is -0.459 e. The summed E-state index contributed by atoms with van der Waals surface area (Å²) >= 11 is 0. The van der Waals surface area contributed by atoms with Gasteiger partial charge in [-0.25, -0.2) is 4.79 Å². The fraction of sp³-hybridized carbons (Fsp3) is 0.650. The van der Waals surface area contributed by atoms with Crippen molar-refractivity contribution in [1.29, 1.82) is 0 Å². The second kappa shape index (κ2) is 8.13. The van der Waals surface area contributed by atoms with Gasteiger partial charge in [0.1, 0.15) is 6.10 Å². The molecular weight excluding hydrogens is 304 g/mol. The molecule has 2 rings (SSSR count). The third-order valence-electron chi connectivity index (χ3n) is 5.21. The van der Waals surface area contributed by atoms with E-state index in [9.17, 15) is 15.0 Å². The van der Waals surface area contributed by atoms with Gasteiger partial charge >= 0.3 is 5.97 Å². The molecule has 0 amide bonds. The van der Waals surface area contributed by atoms with E-state index in [0.717, 1.165) is 24.0 Å². The number of rotatable bonds is 0. The number of fused-ring (bicyclic) bond motifs is 2. The zero-order valence-electron chi connectivity index (χ0n) is 15.0. The maximum absolute atomic E-state index is 12.1. The second-order valence-electron chi connectivity index (χ2n) is 7.47. The second-order valence-corrected chi connectivity index (χ2v) is 7.47. The molecule has 2 aliphatic rings. The molecule has 4 nitrogen and oxygen atoms in total. The lowest BCUT2D eigenvalue weighted by molar-refractivity contribution is -0.155. The molecule has 0 aromatic carbocycles. The van der Waals surface area contributed by atoms with Crippen molar-refractivity contribution in [2.45, 2.75) is 71.2 Å². The maximum Gasteiger partial charge on any atom is 0.334 e. The first-order valence-electron chi connectivity index (χ1n) is 8.86. The number of ether oxygens (including phenoxy) is 1. The van der Waals surface area contributed by atoms with E-state index in [0.29, 0.717) is 24.8 Å². The van der Waals surface area contributed by atoms with Gasteiger partial charge in [0, 0.05) is 11.5 Å². The van der Waals surface area contributed by atoms with E-state index < -0.39 is 18.2 Å². The smallest absolute Gasteiger partial charge is 0.334 e. The Kier molecular flexibility index (Phi) is 6.41. The highest BCUT2D eigenvalue weighted by Gasteiger charge is 2.38. The molecule has 5 atom stereocenters. The van der Waals surface area contributed by atoms with Crippen molar-refractivity contribution in [1.82, 2.24) is 0 Å². The Morgan fingerprint density at radius 1 is 1.21 bits per heavy atom. The molecule has 24 heavy (non-hydrogen) atoms. The minimum absolute atomic E-state index is 0.0235. The summed E-state index contributed by atoms with van der Waals surface area (Å²) in [6.45, 7) is 9.85. The zero-order valence-corrected chi connectivity index (χ0v) is 15.0. The predicted octanol–water partition coefficient (Wildman–Crippen LogP) is 3.30. The minimum atomic E-state index is -0.624. The summed E-state index contributed by atoms with van der Waals surface area (Å²) < 4.78 is 5.50. The molecule has 4 heteroatoms.